The maximum Gasteiger partial charge on any atom is 0.416 e. The Kier molecular flexibility index (Phi) is 5.25. The minimum Gasteiger partial charge on any atom is -0.312 e. The minimum atomic E-state index is -4.40. The number of para-hydroxylation sites is 1. The highest BCUT2D eigenvalue weighted by atomic mass is 19.4. The van der Waals surface area contributed by atoms with Gasteiger partial charge in [-0.15, -0.1) is 0 Å². The predicted molar refractivity (Wildman–Crippen MR) is 94.1 cm³/mol. The number of benzene rings is 2. The van der Waals surface area contributed by atoms with Crippen molar-refractivity contribution in [3.8, 4) is 0 Å². The Bertz CT molecular complexity index is 849. The molecule has 1 atom stereocenters. The average Bonchev–Trinajstić information content (AvgIpc) is 3.04. The number of carbonyl (C=O) groups is 2. The number of halogens is 3. The first-order valence-corrected chi connectivity index (χ1v) is 8.20. The monoisotopic (exact) mass is 375 g/mol. The van der Waals surface area contributed by atoms with Crippen molar-refractivity contribution < 1.29 is 22.8 Å². The van der Waals surface area contributed by atoms with E-state index in [2.05, 4.69) is 10.5 Å². The molecule has 1 unspecified atom stereocenters. The molecule has 8 heteroatoms. The van der Waals surface area contributed by atoms with E-state index in [-0.39, 0.29) is 18.9 Å². The molecule has 0 saturated carbocycles. The van der Waals surface area contributed by atoms with Gasteiger partial charge in [-0.05, 0) is 29.8 Å². The van der Waals surface area contributed by atoms with Crippen molar-refractivity contribution >= 4 is 23.7 Å². The van der Waals surface area contributed by atoms with Crippen LogP contribution in [0.4, 0.5) is 18.9 Å². The predicted octanol–water partition coefficient (Wildman–Crippen LogP) is 3.21. The number of hydrogen-bond acceptors (Lipinski definition) is 3. The second kappa shape index (κ2) is 7.61. The van der Waals surface area contributed by atoms with Crippen LogP contribution in [0.1, 0.15) is 17.5 Å². The number of nitrogens with zero attached hydrogens (tertiary/aromatic N) is 2. The second-order valence-corrected chi connectivity index (χ2v) is 6.09. The molecular weight excluding hydrogens is 359 g/mol. The van der Waals surface area contributed by atoms with Crippen LogP contribution in [0.15, 0.2) is 59.7 Å². The number of nitrogens with one attached hydrogen (secondary N) is 1. The topological polar surface area (TPSA) is 61.8 Å². The molecule has 0 bridgehead atoms. The van der Waals surface area contributed by atoms with E-state index in [1.165, 1.54) is 18.3 Å². The highest BCUT2D eigenvalue weighted by Gasteiger charge is 2.35. The van der Waals surface area contributed by atoms with E-state index in [1.54, 1.807) is 17.0 Å². The minimum absolute atomic E-state index is 0.0799. The van der Waals surface area contributed by atoms with E-state index in [9.17, 15) is 22.8 Å². The van der Waals surface area contributed by atoms with Gasteiger partial charge in [0, 0.05) is 18.7 Å². The van der Waals surface area contributed by atoms with Gasteiger partial charge in [-0.1, -0.05) is 30.3 Å². The summed E-state index contributed by atoms with van der Waals surface area (Å²) in [6, 6.07) is 13.4. The zero-order valence-corrected chi connectivity index (χ0v) is 14.1. The molecular formula is C19H16F3N3O2. The number of hydrogen-bond donors (Lipinski definition) is 1. The fraction of sp³-hybridized carbons (Fsp3) is 0.211. The smallest absolute Gasteiger partial charge is 0.312 e. The SMILES string of the molecule is O=C(N/N=C/c1ccc(C(F)(F)F)cc1)C1CC(=O)N(c2ccccc2)C1. The molecule has 1 aliphatic heterocycles. The summed E-state index contributed by atoms with van der Waals surface area (Å²) in [5, 5.41) is 3.77. The van der Waals surface area contributed by atoms with E-state index in [1.807, 2.05) is 18.2 Å². The van der Waals surface area contributed by atoms with Crippen LogP contribution in [-0.2, 0) is 15.8 Å². The molecule has 1 fully saturated rings. The molecule has 0 aliphatic carbocycles. The van der Waals surface area contributed by atoms with Crippen molar-refractivity contribution in [2.24, 2.45) is 11.0 Å². The van der Waals surface area contributed by atoms with Crippen LogP contribution in [0.2, 0.25) is 0 Å². The first-order valence-electron chi connectivity index (χ1n) is 8.20. The molecule has 0 radical (unpaired) electrons. The van der Waals surface area contributed by atoms with Gasteiger partial charge in [-0.2, -0.15) is 18.3 Å². The number of alkyl halides is 3. The van der Waals surface area contributed by atoms with Gasteiger partial charge in [-0.3, -0.25) is 9.59 Å². The van der Waals surface area contributed by atoms with Crippen molar-refractivity contribution in [1.82, 2.24) is 5.43 Å². The summed E-state index contributed by atoms with van der Waals surface area (Å²) in [7, 11) is 0. The van der Waals surface area contributed by atoms with Crippen LogP contribution in [0.25, 0.3) is 0 Å². The maximum atomic E-state index is 12.5. The molecule has 2 aromatic carbocycles. The number of anilines is 1. The van der Waals surface area contributed by atoms with Gasteiger partial charge in [0.15, 0.2) is 0 Å². The summed E-state index contributed by atoms with van der Waals surface area (Å²) in [6.45, 7) is 0.254. The maximum absolute atomic E-state index is 12.5. The lowest BCUT2D eigenvalue weighted by Crippen LogP contribution is -2.30. The molecule has 27 heavy (non-hydrogen) atoms. The number of carbonyl (C=O) groups excluding carboxylic acids is 2. The third-order valence-corrected chi connectivity index (χ3v) is 4.19. The number of amides is 2. The van der Waals surface area contributed by atoms with Crippen LogP contribution in [0.5, 0.6) is 0 Å². The number of hydrazone groups is 1. The Balaban J connectivity index is 1.57. The van der Waals surface area contributed by atoms with Gasteiger partial charge < -0.3 is 4.90 Å². The highest BCUT2D eigenvalue weighted by Crippen LogP contribution is 2.29. The van der Waals surface area contributed by atoms with E-state index < -0.39 is 23.6 Å². The van der Waals surface area contributed by atoms with E-state index in [0.717, 1.165) is 17.8 Å². The Hall–Kier alpha value is -3.16. The summed E-state index contributed by atoms with van der Waals surface area (Å²) in [6.07, 6.45) is -3.07. The molecule has 1 saturated heterocycles. The Morgan fingerprint density at radius 2 is 1.78 bits per heavy atom. The lowest BCUT2D eigenvalue weighted by Gasteiger charge is -2.16. The van der Waals surface area contributed by atoms with Crippen molar-refractivity contribution in [1.29, 1.82) is 0 Å². The van der Waals surface area contributed by atoms with Gasteiger partial charge in [0.05, 0.1) is 17.7 Å². The highest BCUT2D eigenvalue weighted by molar-refractivity contribution is 6.00. The summed E-state index contributed by atoms with van der Waals surface area (Å²) in [5.74, 6) is -1.10. The van der Waals surface area contributed by atoms with Crippen LogP contribution in [-0.4, -0.2) is 24.6 Å². The Morgan fingerprint density at radius 1 is 1.11 bits per heavy atom. The van der Waals surface area contributed by atoms with Crippen LogP contribution in [0, 0.1) is 5.92 Å². The molecule has 0 spiro atoms. The van der Waals surface area contributed by atoms with Crippen molar-refractivity contribution in [2.45, 2.75) is 12.6 Å². The van der Waals surface area contributed by atoms with Crippen LogP contribution in [0.3, 0.4) is 0 Å². The van der Waals surface area contributed by atoms with E-state index in [4.69, 9.17) is 0 Å². The van der Waals surface area contributed by atoms with Gasteiger partial charge in [0.25, 0.3) is 0 Å². The number of rotatable bonds is 4. The fourth-order valence-electron chi connectivity index (χ4n) is 2.76. The average molecular weight is 375 g/mol. The summed E-state index contributed by atoms with van der Waals surface area (Å²) in [4.78, 5) is 25.8. The first-order chi connectivity index (χ1) is 12.8. The van der Waals surface area contributed by atoms with Gasteiger partial charge in [0.1, 0.15) is 0 Å². The largest absolute Gasteiger partial charge is 0.416 e. The molecule has 3 rings (SSSR count). The Labute approximate surface area is 153 Å². The lowest BCUT2D eigenvalue weighted by atomic mass is 10.1. The summed E-state index contributed by atoms with van der Waals surface area (Å²) in [5.41, 5.74) is 2.73. The molecule has 2 aromatic rings. The van der Waals surface area contributed by atoms with Crippen molar-refractivity contribution in [2.75, 3.05) is 11.4 Å². The molecule has 1 heterocycles. The summed E-state index contributed by atoms with van der Waals surface area (Å²) < 4.78 is 37.5. The fourth-order valence-corrected chi connectivity index (χ4v) is 2.76. The standard InChI is InChI=1S/C19H16F3N3O2/c20-19(21,22)15-8-6-13(7-9-15)11-23-24-18(27)14-10-17(26)25(12-14)16-4-2-1-3-5-16/h1-9,11,14H,10,12H2,(H,24,27)/b23-11+. The van der Waals surface area contributed by atoms with Gasteiger partial charge >= 0.3 is 6.18 Å². The molecule has 1 aliphatic rings. The first kappa shape index (κ1) is 18.6. The third-order valence-electron chi connectivity index (χ3n) is 4.19. The normalized spacial score (nSPS) is 17.5. The molecule has 2 amide bonds. The molecule has 1 N–H and O–H groups in total. The molecule has 140 valence electrons. The Morgan fingerprint density at radius 3 is 2.41 bits per heavy atom. The van der Waals surface area contributed by atoms with Crippen LogP contribution >= 0.6 is 0 Å². The zero-order chi connectivity index (χ0) is 19.4. The quantitative estimate of drug-likeness (QED) is 0.659. The molecule has 5 nitrogen and oxygen atoms in total. The van der Waals surface area contributed by atoms with E-state index >= 15 is 0 Å². The van der Waals surface area contributed by atoms with E-state index in [0.29, 0.717) is 5.56 Å². The summed E-state index contributed by atoms with van der Waals surface area (Å²) >= 11 is 0. The van der Waals surface area contributed by atoms with Gasteiger partial charge in [0.2, 0.25) is 11.8 Å². The third kappa shape index (κ3) is 4.52. The van der Waals surface area contributed by atoms with Crippen molar-refractivity contribution in [3.63, 3.8) is 0 Å². The zero-order valence-electron chi connectivity index (χ0n) is 14.1. The van der Waals surface area contributed by atoms with Crippen LogP contribution < -0.4 is 10.3 Å². The van der Waals surface area contributed by atoms with Gasteiger partial charge in [-0.25, -0.2) is 5.43 Å². The lowest BCUT2D eigenvalue weighted by molar-refractivity contribution is -0.137. The molecule has 0 aromatic heterocycles. The second-order valence-electron chi connectivity index (χ2n) is 6.09. The van der Waals surface area contributed by atoms with Crippen molar-refractivity contribution in [3.05, 3.63) is 65.7 Å².